The SMILES string of the molecule is C/C(=N/NC(=S)Nc1ccccc1[N+](=O)[O-])c1cc(C)ccc1C. The second-order valence-electron chi connectivity index (χ2n) is 5.36. The molecule has 0 fully saturated rings. The number of nitro groups is 1. The predicted molar refractivity (Wildman–Crippen MR) is 101 cm³/mol. The van der Waals surface area contributed by atoms with Gasteiger partial charge in [0.2, 0.25) is 0 Å². The maximum Gasteiger partial charge on any atom is 0.292 e. The second kappa shape index (κ2) is 7.65. The molecule has 0 aliphatic rings. The fraction of sp³-hybridized carbons (Fsp3) is 0.176. The van der Waals surface area contributed by atoms with Crippen molar-refractivity contribution in [3.05, 3.63) is 69.3 Å². The molecule has 2 aromatic rings. The number of nitro benzene ring substituents is 1. The number of aryl methyl sites for hydroxylation is 2. The standard InChI is InChI=1S/C17H18N4O2S/c1-11-8-9-12(2)14(10-11)13(3)19-20-17(24)18-15-6-4-5-7-16(15)21(22)23/h4-10H,1-3H3,(H2,18,20,24)/b19-13-. The van der Waals surface area contributed by atoms with E-state index in [9.17, 15) is 10.1 Å². The molecule has 0 bridgehead atoms. The van der Waals surface area contributed by atoms with E-state index < -0.39 is 4.92 Å². The zero-order valence-electron chi connectivity index (χ0n) is 13.7. The van der Waals surface area contributed by atoms with Crippen LogP contribution in [0.15, 0.2) is 47.6 Å². The van der Waals surface area contributed by atoms with E-state index in [0.29, 0.717) is 5.69 Å². The average Bonchev–Trinajstić information content (AvgIpc) is 2.55. The van der Waals surface area contributed by atoms with Gasteiger partial charge in [0, 0.05) is 11.6 Å². The minimum Gasteiger partial charge on any atom is -0.326 e. The Bertz CT molecular complexity index is 818. The Hall–Kier alpha value is -2.80. The molecule has 6 nitrogen and oxygen atoms in total. The molecule has 24 heavy (non-hydrogen) atoms. The molecule has 0 aliphatic carbocycles. The van der Waals surface area contributed by atoms with Crippen LogP contribution in [0.1, 0.15) is 23.6 Å². The zero-order chi connectivity index (χ0) is 17.7. The van der Waals surface area contributed by atoms with Gasteiger partial charge >= 0.3 is 0 Å². The molecular formula is C17H18N4O2S. The van der Waals surface area contributed by atoms with E-state index in [1.165, 1.54) is 6.07 Å². The first-order valence-corrected chi connectivity index (χ1v) is 7.71. The minimum absolute atomic E-state index is 0.0446. The first kappa shape index (κ1) is 17.6. The molecule has 0 amide bonds. The highest BCUT2D eigenvalue weighted by Gasteiger charge is 2.13. The van der Waals surface area contributed by atoms with Gasteiger partial charge in [0.1, 0.15) is 5.69 Å². The Morgan fingerprint density at radius 3 is 2.62 bits per heavy atom. The summed E-state index contributed by atoms with van der Waals surface area (Å²) in [7, 11) is 0. The first-order valence-electron chi connectivity index (χ1n) is 7.31. The van der Waals surface area contributed by atoms with Gasteiger partial charge in [0.15, 0.2) is 5.11 Å². The van der Waals surface area contributed by atoms with Gasteiger partial charge in [0.05, 0.1) is 10.6 Å². The molecule has 0 heterocycles. The lowest BCUT2D eigenvalue weighted by atomic mass is 10.0. The third-order valence-electron chi connectivity index (χ3n) is 3.46. The number of rotatable bonds is 4. The number of hydrogen-bond donors (Lipinski definition) is 2. The zero-order valence-corrected chi connectivity index (χ0v) is 14.5. The summed E-state index contributed by atoms with van der Waals surface area (Å²) in [6.45, 7) is 5.91. The Morgan fingerprint density at radius 2 is 1.92 bits per heavy atom. The monoisotopic (exact) mass is 342 g/mol. The van der Waals surface area contributed by atoms with E-state index in [1.807, 2.05) is 39.0 Å². The molecule has 0 radical (unpaired) electrons. The molecule has 7 heteroatoms. The van der Waals surface area contributed by atoms with E-state index in [1.54, 1.807) is 18.2 Å². The van der Waals surface area contributed by atoms with Crippen LogP contribution in [0.25, 0.3) is 0 Å². The van der Waals surface area contributed by atoms with E-state index in [-0.39, 0.29) is 10.8 Å². The van der Waals surface area contributed by atoms with Crippen molar-refractivity contribution < 1.29 is 4.92 Å². The molecule has 0 atom stereocenters. The topological polar surface area (TPSA) is 79.6 Å². The van der Waals surface area contributed by atoms with E-state index in [2.05, 4.69) is 15.8 Å². The molecule has 2 aromatic carbocycles. The van der Waals surface area contributed by atoms with Crippen LogP contribution < -0.4 is 10.7 Å². The highest BCUT2D eigenvalue weighted by atomic mass is 32.1. The van der Waals surface area contributed by atoms with Crippen molar-refractivity contribution in [1.82, 2.24) is 5.43 Å². The van der Waals surface area contributed by atoms with Crippen molar-refractivity contribution in [2.45, 2.75) is 20.8 Å². The molecular weight excluding hydrogens is 324 g/mol. The van der Waals surface area contributed by atoms with Crippen LogP contribution in [0.5, 0.6) is 0 Å². The second-order valence-corrected chi connectivity index (χ2v) is 5.76. The molecule has 0 unspecified atom stereocenters. The van der Waals surface area contributed by atoms with Crippen molar-refractivity contribution in [3.8, 4) is 0 Å². The molecule has 2 rings (SSSR count). The molecule has 0 aromatic heterocycles. The van der Waals surface area contributed by atoms with Crippen LogP contribution in [0, 0.1) is 24.0 Å². The maximum atomic E-state index is 11.0. The summed E-state index contributed by atoms with van der Waals surface area (Å²) in [6.07, 6.45) is 0. The van der Waals surface area contributed by atoms with E-state index in [4.69, 9.17) is 12.2 Å². The summed E-state index contributed by atoms with van der Waals surface area (Å²) in [5, 5.41) is 18.2. The fourth-order valence-corrected chi connectivity index (χ4v) is 2.36. The van der Waals surface area contributed by atoms with Gasteiger partial charge < -0.3 is 5.32 Å². The highest BCUT2D eigenvalue weighted by molar-refractivity contribution is 7.80. The van der Waals surface area contributed by atoms with Crippen molar-refractivity contribution >= 4 is 34.4 Å². The summed E-state index contributed by atoms with van der Waals surface area (Å²) >= 11 is 5.16. The minimum atomic E-state index is -0.463. The Labute approximate surface area is 145 Å². The van der Waals surface area contributed by atoms with Crippen molar-refractivity contribution in [1.29, 1.82) is 0 Å². The predicted octanol–water partition coefficient (Wildman–Crippen LogP) is 3.92. The molecule has 124 valence electrons. The Morgan fingerprint density at radius 1 is 1.21 bits per heavy atom. The van der Waals surface area contributed by atoms with E-state index in [0.717, 1.165) is 22.4 Å². The van der Waals surface area contributed by atoms with Gasteiger partial charge in [-0.1, -0.05) is 29.8 Å². The van der Waals surface area contributed by atoms with Gasteiger partial charge in [0.25, 0.3) is 5.69 Å². The number of nitrogens with zero attached hydrogens (tertiary/aromatic N) is 2. The summed E-state index contributed by atoms with van der Waals surface area (Å²) < 4.78 is 0. The smallest absolute Gasteiger partial charge is 0.292 e. The average molecular weight is 342 g/mol. The molecule has 2 N–H and O–H groups in total. The quantitative estimate of drug-likeness (QED) is 0.381. The van der Waals surface area contributed by atoms with Gasteiger partial charge in [-0.05, 0) is 50.7 Å². The number of para-hydroxylation sites is 2. The fourth-order valence-electron chi connectivity index (χ4n) is 2.21. The van der Waals surface area contributed by atoms with Crippen LogP contribution in [0.3, 0.4) is 0 Å². The lowest BCUT2D eigenvalue weighted by molar-refractivity contribution is -0.383. The maximum absolute atomic E-state index is 11.0. The third-order valence-corrected chi connectivity index (χ3v) is 3.65. The molecule has 0 spiro atoms. The van der Waals surface area contributed by atoms with Crippen LogP contribution in [0.2, 0.25) is 0 Å². The molecule has 0 saturated heterocycles. The Kier molecular flexibility index (Phi) is 5.59. The van der Waals surface area contributed by atoms with Gasteiger partial charge in [-0.3, -0.25) is 15.5 Å². The molecule has 0 saturated carbocycles. The van der Waals surface area contributed by atoms with Crippen molar-refractivity contribution in [2.75, 3.05) is 5.32 Å². The largest absolute Gasteiger partial charge is 0.326 e. The number of nitrogens with one attached hydrogen (secondary N) is 2. The van der Waals surface area contributed by atoms with Crippen LogP contribution in [-0.2, 0) is 0 Å². The lowest BCUT2D eigenvalue weighted by Gasteiger charge is -2.10. The van der Waals surface area contributed by atoms with Crippen LogP contribution >= 0.6 is 12.2 Å². The number of thiocarbonyl (C=S) groups is 1. The molecule has 0 aliphatic heterocycles. The van der Waals surface area contributed by atoms with Crippen LogP contribution in [0.4, 0.5) is 11.4 Å². The first-order chi connectivity index (χ1) is 11.4. The normalized spacial score (nSPS) is 11.0. The number of anilines is 1. The summed E-state index contributed by atoms with van der Waals surface area (Å²) in [6, 6.07) is 12.4. The third kappa shape index (κ3) is 4.36. The van der Waals surface area contributed by atoms with E-state index >= 15 is 0 Å². The summed E-state index contributed by atoms with van der Waals surface area (Å²) in [4.78, 5) is 10.5. The summed E-state index contributed by atoms with van der Waals surface area (Å²) in [5.41, 5.74) is 7.06. The van der Waals surface area contributed by atoms with Gasteiger partial charge in [-0.2, -0.15) is 5.10 Å². The van der Waals surface area contributed by atoms with Crippen molar-refractivity contribution in [2.24, 2.45) is 5.10 Å². The Balaban J connectivity index is 2.10. The van der Waals surface area contributed by atoms with Gasteiger partial charge in [-0.15, -0.1) is 0 Å². The lowest BCUT2D eigenvalue weighted by Crippen LogP contribution is -2.25. The summed E-state index contributed by atoms with van der Waals surface area (Å²) in [5.74, 6) is 0. The van der Waals surface area contributed by atoms with Crippen molar-refractivity contribution in [3.63, 3.8) is 0 Å². The van der Waals surface area contributed by atoms with Crippen LogP contribution in [-0.4, -0.2) is 15.7 Å². The highest BCUT2D eigenvalue weighted by Crippen LogP contribution is 2.22. The van der Waals surface area contributed by atoms with Gasteiger partial charge in [-0.25, -0.2) is 0 Å². The number of hydrogen-bond acceptors (Lipinski definition) is 4. The number of benzene rings is 2. The number of hydrazone groups is 1.